The van der Waals surface area contributed by atoms with Crippen LogP contribution in [0.4, 0.5) is 0 Å². The van der Waals surface area contributed by atoms with E-state index in [2.05, 4.69) is 25.8 Å². The Kier molecular flexibility index (Phi) is 3.91. The lowest BCUT2D eigenvalue weighted by Gasteiger charge is -2.33. The van der Waals surface area contributed by atoms with Crippen molar-refractivity contribution in [2.45, 2.75) is 58.0 Å². The zero-order valence-electron chi connectivity index (χ0n) is 11.2. The number of fused-ring (bicyclic) bond motifs is 2. The molecular formula is C14H28N2. The standard InChI is InChI=1S/C14H28N2/c1-4-14(15)10(2)16(3)9-13-8-11-5-6-12(13)7-11/h10-14H,4-9,15H2,1-3H3. The van der Waals surface area contributed by atoms with Crippen molar-refractivity contribution in [3.63, 3.8) is 0 Å². The molecule has 2 rings (SSSR count). The maximum Gasteiger partial charge on any atom is 0.0215 e. The summed E-state index contributed by atoms with van der Waals surface area (Å²) in [7, 11) is 2.26. The third-order valence-corrected chi connectivity index (χ3v) is 5.19. The average Bonchev–Trinajstić information content (AvgIpc) is 2.88. The van der Waals surface area contributed by atoms with Crippen molar-refractivity contribution in [1.82, 2.24) is 4.90 Å². The van der Waals surface area contributed by atoms with Crippen molar-refractivity contribution >= 4 is 0 Å². The molecule has 16 heavy (non-hydrogen) atoms. The first kappa shape index (κ1) is 12.4. The van der Waals surface area contributed by atoms with Gasteiger partial charge in [-0.25, -0.2) is 0 Å². The third kappa shape index (κ3) is 2.43. The summed E-state index contributed by atoms with van der Waals surface area (Å²) in [6.45, 7) is 5.74. The van der Waals surface area contributed by atoms with Crippen molar-refractivity contribution in [3.05, 3.63) is 0 Å². The van der Waals surface area contributed by atoms with E-state index in [-0.39, 0.29) is 0 Å². The van der Waals surface area contributed by atoms with Gasteiger partial charge in [0.1, 0.15) is 0 Å². The minimum absolute atomic E-state index is 0.337. The third-order valence-electron chi connectivity index (χ3n) is 5.19. The molecule has 2 aliphatic carbocycles. The molecule has 2 saturated carbocycles. The average molecular weight is 224 g/mol. The van der Waals surface area contributed by atoms with Gasteiger partial charge in [0.15, 0.2) is 0 Å². The molecular weight excluding hydrogens is 196 g/mol. The first-order valence-electron chi connectivity index (χ1n) is 7.07. The van der Waals surface area contributed by atoms with Crippen LogP contribution < -0.4 is 5.73 Å². The summed E-state index contributed by atoms with van der Waals surface area (Å²) in [5, 5.41) is 0. The Bertz CT molecular complexity index is 229. The van der Waals surface area contributed by atoms with Crippen LogP contribution in [0.3, 0.4) is 0 Å². The van der Waals surface area contributed by atoms with Gasteiger partial charge in [0.2, 0.25) is 0 Å². The molecule has 0 heterocycles. The van der Waals surface area contributed by atoms with Crippen LogP contribution in [-0.4, -0.2) is 30.6 Å². The molecule has 5 unspecified atom stereocenters. The maximum absolute atomic E-state index is 6.13. The zero-order valence-corrected chi connectivity index (χ0v) is 11.2. The van der Waals surface area contributed by atoms with Crippen LogP contribution in [0.25, 0.3) is 0 Å². The highest BCUT2D eigenvalue weighted by Crippen LogP contribution is 2.48. The van der Waals surface area contributed by atoms with Gasteiger partial charge in [0.25, 0.3) is 0 Å². The Labute approximate surface area is 101 Å². The molecule has 0 radical (unpaired) electrons. The molecule has 2 heteroatoms. The molecule has 0 aromatic rings. The largest absolute Gasteiger partial charge is 0.326 e. The lowest BCUT2D eigenvalue weighted by molar-refractivity contribution is 0.163. The minimum atomic E-state index is 0.337. The summed E-state index contributed by atoms with van der Waals surface area (Å²) in [4.78, 5) is 2.50. The molecule has 94 valence electrons. The van der Waals surface area contributed by atoms with Crippen molar-refractivity contribution in [2.75, 3.05) is 13.6 Å². The molecule has 2 fully saturated rings. The van der Waals surface area contributed by atoms with Crippen molar-refractivity contribution in [1.29, 1.82) is 0 Å². The predicted octanol–water partition coefficient (Wildman–Crippen LogP) is 2.48. The Morgan fingerprint density at radius 3 is 2.56 bits per heavy atom. The quantitative estimate of drug-likeness (QED) is 0.777. The summed E-state index contributed by atoms with van der Waals surface area (Å²) in [6.07, 6.45) is 7.10. The molecule has 2 aliphatic rings. The van der Waals surface area contributed by atoms with Gasteiger partial charge >= 0.3 is 0 Å². The molecule has 2 nitrogen and oxygen atoms in total. The molecule has 0 spiro atoms. The van der Waals surface area contributed by atoms with Crippen LogP contribution in [0, 0.1) is 17.8 Å². The van der Waals surface area contributed by atoms with Gasteiger partial charge in [0.05, 0.1) is 0 Å². The van der Waals surface area contributed by atoms with E-state index in [1.54, 1.807) is 0 Å². The number of nitrogens with two attached hydrogens (primary N) is 1. The normalized spacial score (nSPS) is 36.9. The molecule has 2 bridgehead atoms. The van der Waals surface area contributed by atoms with Crippen LogP contribution in [0.1, 0.15) is 46.0 Å². The van der Waals surface area contributed by atoms with Gasteiger partial charge in [-0.1, -0.05) is 13.3 Å². The molecule has 0 aliphatic heterocycles. The number of likely N-dealkylation sites (N-methyl/N-ethyl adjacent to an activating group) is 1. The van der Waals surface area contributed by atoms with E-state index in [0.717, 1.165) is 24.2 Å². The molecule has 0 aromatic heterocycles. The fraction of sp³-hybridized carbons (Fsp3) is 1.00. The Morgan fingerprint density at radius 1 is 1.31 bits per heavy atom. The highest BCUT2D eigenvalue weighted by atomic mass is 15.1. The summed E-state index contributed by atoms with van der Waals surface area (Å²) in [6, 6.07) is 0.868. The number of hydrogen-bond acceptors (Lipinski definition) is 2. The molecule has 0 aromatic carbocycles. The number of rotatable bonds is 5. The first-order chi connectivity index (χ1) is 7.61. The minimum Gasteiger partial charge on any atom is -0.326 e. The lowest BCUT2D eigenvalue weighted by atomic mass is 9.88. The van der Waals surface area contributed by atoms with Gasteiger partial charge in [0, 0.05) is 18.6 Å². The van der Waals surface area contributed by atoms with Gasteiger partial charge in [-0.2, -0.15) is 0 Å². The van der Waals surface area contributed by atoms with E-state index in [1.807, 2.05) is 0 Å². The van der Waals surface area contributed by atoms with Gasteiger partial charge < -0.3 is 10.6 Å². The zero-order chi connectivity index (χ0) is 11.7. The van der Waals surface area contributed by atoms with Crippen LogP contribution in [0.15, 0.2) is 0 Å². The summed E-state index contributed by atoms with van der Waals surface area (Å²) in [5.74, 6) is 3.08. The highest BCUT2D eigenvalue weighted by Gasteiger charge is 2.40. The van der Waals surface area contributed by atoms with Crippen molar-refractivity contribution < 1.29 is 0 Å². The Balaban J connectivity index is 1.81. The van der Waals surface area contributed by atoms with E-state index < -0.39 is 0 Å². The van der Waals surface area contributed by atoms with E-state index in [0.29, 0.717) is 12.1 Å². The van der Waals surface area contributed by atoms with Crippen molar-refractivity contribution in [2.24, 2.45) is 23.5 Å². The van der Waals surface area contributed by atoms with E-state index in [9.17, 15) is 0 Å². The molecule has 0 saturated heterocycles. The SMILES string of the molecule is CCC(N)C(C)N(C)CC1CC2CCC1C2. The van der Waals surface area contributed by atoms with E-state index >= 15 is 0 Å². The first-order valence-corrected chi connectivity index (χ1v) is 7.07. The molecule has 2 N–H and O–H groups in total. The van der Waals surface area contributed by atoms with Crippen LogP contribution >= 0.6 is 0 Å². The fourth-order valence-electron chi connectivity index (χ4n) is 3.80. The number of hydrogen-bond donors (Lipinski definition) is 1. The van der Waals surface area contributed by atoms with E-state index in [1.165, 1.54) is 32.2 Å². The van der Waals surface area contributed by atoms with Crippen LogP contribution in [0.5, 0.6) is 0 Å². The fourth-order valence-corrected chi connectivity index (χ4v) is 3.80. The second kappa shape index (κ2) is 5.05. The topological polar surface area (TPSA) is 29.3 Å². The van der Waals surface area contributed by atoms with Gasteiger partial charge in [-0.3, -0.25) is 0 Å². The Hall–Kier alpha value is -0.0800. The smallest absolute Gasteiger partial charge is 0.0215 e. The summed E-state index contributed by atoms with van der Waals surface area (Å²) in [5.41, 5.74) is 6.13. The second-order valence-electron chi connectivity index (χ2n) is 6.19. The summed E-state index contributed by atoms with van der Waals surface area (Å²) >= 11 is 0. The monoisotopic (exact) mass is 224 g/mol. The lowest BCUT2D eigenvalue weighted by Crippen LogP contribution is -2.45. The van der Waals surface area contributed by atoms with Crippen molar-refractivity contribution in [3.8, 4) is 0 Å². The van der Waals surface area contributed by atoms with Gasteiger partial charge in [-0.15, -0.1) is 0 Å². The maximum atomic E-state index is 6.13. The highest BCUT2D eigenvalue weighted by molar-refractivity contribution is 4.91. The van der Waals surface area contributed by atoms with Crippen LogP contribution in [-0.2, 0) is 0 Å². The summed E-state index contributed by atoms with van der Waals surface area (Å²) < 4.78 is 0. The van der Waals surface area contributed by atoms with Gasteiger partial charge in [-0.05, 0) is 57.4 Å². The van der Waals surface area contributed by atoms with Crippen LogP contribution in [0.2, 0.25) is 0 Å². The molecule has 0 amide bonds. The molecule has 5 atom stereocenters. The Morgan fingerprint density at radius 2 is 2.06 bits per heavy atom. The number of nitrogens with zero attached hydrogens (tertiary/aromatic N) is 1. The predicted molar refractivity (Wildman–Crippen MR) is 69.3 cm³/mol. The second-order valence-corrected chi connectivity index (χ2v) is 6.19. The van der Waals surface area contributed by atoms with E-state index in [4.69, 9.17) is 5.73 Å².